The Morgan fingerprint density at radius 2 is 1.90 bits per heavy atom. The van der Waals surface area contributed by atoms with Crippen LogP contribution in [-0.4, -0.2) is 18.2 Å². The number of nitrogens with two attached hydrogens (primary N) is 1. The fourth-order valence-electron chi connectivity index (χ4n) is 2.58. The minimum atomic E-state index is -0.816. The van der Waals surface area contributed by atoms with Crippen molar-refractivity contribution in [3.8, 4) is 5.75 Å². The van der Waals surface area contributed by atoms with Crippen LogP contribution in [0.3, 0.4) is 0 Å². The number of unbranched alkanes of at least 4 members (excludes halogenated alkanes) is 5. The number of methoxy groups -OCH3 is 1. The Balaban J connectivity index is 2.64. The van der Waals surface area contributed by atoms with Gasteiger partial charge in [0.05, 0.1) is 18.7 Å². The third kappa shape index (κ3) is 5.29. The number of hydrogen-bond donors (Lipinski definition) is 2. The molecule has 21 heavy (non-hydrogen) atoms. The van der Waals surface area contributed by atoms with Gasteiger partial charge in [-0.25, -0.2) is 0 Å². The van der Waals surface area contributed by atoms with Crippen molar-refractivity contribution in [1.29, 1.82) is 0 Å². The highest BCUT2D eigenvalue weighted by Gasteiger charge is 2.22. The first kappa shape index (κ1) is 17.3. The molecule has 0 fully saturated rings. The van der Waals surface area contributed by atoms with E-state index in [9.17, 15) is 9.90 Å². The third-order valence-corrected chi connectivity index (χ3v) is 3.84. The Morgan fingerprint density at radius 3 is 2.52 bits per heavy atom. The van der Waals surface area contributed by atoms with Crippen LogP contribution >= 0.6 is 0 Å². The van der Waals surface area contributed by atoms with Crippen molar-refractivity contribution >= 4 is 11.7 Å². The molecule has 1 rings (SSSR count). The topological polar surface area (TPSA) is 72.5 Å². The van der Waals surface area contributed by atoms with Crippen molar-refractivity contribution in [3.05, 3.63) is 23.8 Å². The number of carboxylic acids is 1. The fourth-order valence-corrected chi connectivity index (χ4v) is 2.58. The van der Waals surface area contributed by atoms with E-state index in [4.69, 9.17) is 10.5 Å². The van der Waals surface area contributed by atoms with Gasteiger partial charge < -0.3 is 15.6 Å². The fraction of sp³-hybridized carbons (Fsp3) is 0.588. The molecule has 0 bridgehead atoms. The van der Waals surface area contributed by atoms with Gasteiger partial charge in [-0.2, -0.15) is 0 Å². The van der Waals surface area contributed by atoms with Gasteiger partial charge >= 0.3 is 5.97 Å². The second-order valence-corrected chi connectivity index (χ2v) is 5.41. The first-order valence-electron chi connectivity index (χ1n) is 7.77. The van der Waals surface area contributed by atoms with Crippen molar-refractivity contribution in [2.45, 2.75) is 57.8 Å². The number of carbonyl (C=O) groups is 1. The smallest absolute Gasteiger partial charge is 0.311 e. The summed E-state index contributed by atoms with van der Waals surface area (Å²) in [6.45, 7) is 2.19. The number of aliphatic carboxylic acids is 1. The zero-order chi connectivity index (χ0) is 15.7. The highest BCUT2D eigenvalue weighted by Crippen LogP contribution is 2.33. The van der Waals surface area contributed by atoms with E-state index in [0.29, 0.717) is 23.4 Å². The molecule has 118 valence electrons. The molecule has 1 aromatic carbocycles. The van der Waals surface area contributed by atoms with E-state index < -0.39 is 11.9 Å². The van der Waals surface area contributed by atoms with E-state index in [-0.39, 0.29) is 0 Å². The number of ether oxygens (including phenoxy) is 1. The van der Waals surface area contributed by atoms with E-state index in [1.54, 1.807) is 25.3 Å². The summed E-state index contributed by atoms with van der Waals surface area (Å²) >= 11 is 0. The van der Waals surface area contributed by atoms with Crippen LogP contribution in [0.2, 0.25) is 0 Å². The van der Waals surface area contributed by atoms with Crippen molar-refractivity contribution in [3.63, 3.8) is 0 Å². The standard InChI is InChI=1S/C17H27NO3/c1-3-4-5-6-7-8-10-14(17(19)20)13-11-9-12-15(21-2)16(13)18/h9,11-12,14H,3-8,10,18H2,1-2H3,(H,19,20). The maximum Gasteiger partial charge on any atom is 0.311 e. The predicted molar refractivity (Wildman–Crippen MR) is 85.8 cm³/mol. The predicted octanol–water partition coefficient (Wildman–Crippen LogP) is 4.20. The molecular formula is C17H27NO3. The molecule has 0 aliphatic carbocycles. The molecule has 0 heterocycles. The second-order valence-electron chi connectivity index (χ2n) is 5.41. The summed E-state index contributed by atoms with van der Waals surface area (Å²) in [5, 5.41) is 9.46. The molecule has 1 unspecified atom stereocenters. The van der Waals surface area contributed by atoms with Crippen LogP contribution in [0.5, 0.6) is 5.75 Å². The van der Waals surface area contributed by atoms with Crippen LogP contribution in [0.15, 0.2) is 18.2 Å². The molecule has 0 saturated heterocycles. The number of rotatable bonds is 10. The molecule has 0 aliphatic heterocycles. The van der Waals surface area contributed by atoms with Crippen molar-refractivity contribution in [2.75, 3.05) is 12.8 Å². The molecule has 0 amide bonds. The average Bonchev–Trinajstić information content (AvgIpc) is 2.47. The highest BCUT2D eigenvalue weighted by molar-refractivity contribution is 5.79. The molecular weight excluding hydrogens is 266 g/mol. The van der Waals surface area contributed by atoms with Crippen molar-refractivity contribution < 1.29 is 14.6 Å². The Labute approximate surface area is 127 Å². The quantitative estimate of drug-likeness (QED) is 0.501. The van der Waals surface area contributed by atoms with Gasteiger partial charge in [0.1, 0.15) is 5.75 Å². The Bertz CT molecular complexity index is 446. The molecule has 0 aliphatic rings. The Hall–Kier alpha value is -1.71. The number of carboxylic acid groups (broad SMARTS) is 1. The lowest BCUT2D eigenvalue weighted by molar-refractivity contribution is -0.139. The molecule has 0 spiro atoms. The number of nitrogen functional groups attached to an aromatic ring is 1. The van der Waals surface area contributed by atoms with Crippen LogP contribution in [0.4, 0.5) is 5.69 Å². The maximum absolute atomic E-state index is 11.5. The average molecular weight is 293 g/mol. The van der Waals surface area contributed by atoms with Crippen LogP contribution in [0, 0.1) is 0 Å². The van der Waals surface area contributed by atoms with E-state index in [0.717, 1.165) is 12.8 Å². The summed E-state index contributed by atoms with van der Waals surface area (Å²) in [7, 11) is 1.54. The molecule has 3 N–H and O–H groups in total. The van der Waals surface area contributed by atoms with Crippen LogP contribution < -0.4 is 10.5 Å². The molecule has 0 aromatic heterocycles. The largest absolute Gasteiger partial charge is 0.495 e. The zero-order valence-corrected chi connectivity index (χ0v) is 13.1. The summed E-state index contributed by atoms with van der Waals surface area (Å²) in [5.41, 5.74) is 7.12. The summed E-state index contributed by atoms with van der Waals surface area (Å²) in [6, 6.07) is 5.33. The molecule has 4 heteroatoms. The van der Waals surface area contributed by atoms with Gasteiger partial charge in [-0.1, -0.05) is 57.6 Å². The second kappa shape index (κ2) is 9.27. The van der Waals surface area contributed by atoms with Crippen LogP contribution in [-0.2, 0) is 4.79 Å². The summed E-state index contributed by atoms with van der Waals surface area (Å²) in [5.74, 6) is -0.823. The van der Waals surface area contributed by atoms with E-state index in [1.165, 1.54) is 25.7 Å². The van der Waals surface area contributed by atoms with Gasteiger partial charge in [0.15, 0.2) is 0 Å². The molecule has 0 radical (unpaired) electrons. The first-order valence-corrected chi connectivity index (χ1v) is 7.77. The Kier molecular flexibility index (Phi) is 7.65. The van der Waals surface area contributed by atoms with Gasteiger partial charge in [0, 0.05) is 0 Å². The maximum atomic E-state index is 11.5. The summed E-state index contributed by atoms with van der Waals surface area (Å²) in [6.07, 6.45) is 7.50. The number of para-hydroxylation sites is 1. The van der Waals surface area contributed by atoms with E-state index in [1.807, 2.05) is 0 Å². The number of anilines is 1. The number of benzene rings is 1. The summed E-state index contributed by atoms with van der Waals surface area (Å²) < 4.78 is 5.17. The van der Waals surface area contributed by atoms with Gasteiger partial charge in [-0.3, -0.25) is 4.79 Å². The molecule has 4 nitrogen and oxygen atoms in total. The van der Waals surface area contributed by atoms with E-state index >= 15 is 0 Å². The highest BCUT2D eigenvalue weighted by atomic mass is 16.5. The van der Waals surface area contributed by atoms with Gasteiger partial charge in [-0.15, -0.1) is 0 Å². The van der Waals surface area contributed by atoms with E-state index in [2.05, 4.69) is 6.92 Å². The normalized spacial score (nSPS) is 12.1. The lowest BCUT2D eigenvalue weighted by Gasteiger charge is -2.16. The van der Waals surface area contributed by atoms with Gasteiger partial charge in [-0.05, 0) is 18.1 Å². The van der Waals surface area contributed by atoms with Gasteiger partial charge in [0.2, 0.25) is 0 Å². The third-order valence-electron chi connectivity index (χ3n) is 3.84. The SMILES string of the molecule is CCCCCCCCC(C(=O)O)c1cccc(OC)c1N. The zero-order valence-electron chi connectivity index (χ0n) is 13.1. The van der Waals surface area contributed by atoms with Crippen LogP contribution in [0.25, 0.3) is 0 Å². The molecule has 0 saturated carbocycles. The van der Waals surface area contributed by atoms with Crippen molar-refractivity contribution in [1.82, 2.24) is 0 Å². The van der Waals surface area contributed by atoms with Gasteiger partial charge in [0.25, 0.3) is 0 Å². The monoisotopic (exact) mass is 293 g/mol. The van der Waals surface area contributed by atoms with Crippen LogP contribution in [0.1, 0.15) is 63.4 Å². The lowest BCUT2D eigenvalue weighted by Crippen LogP contribution is -2.14. The van der Waals surface area contributed by atoms with Crippen molar-refractivity contribution in [2.24, 2.45) is 0 Å². The molecule has 1 aromatic rings. The lowest BCUT2D eigenvalue weighted by atomic mass is 9.91. The first-order chi connectivity index (χ1) is 10.1. The number of hydrogen-bond acceptors (Lipinski definition) is 3. The molecule has 1 atom stereocenters. The summed E-state index contributed by atoms with van der Waals surface area (Å²) in [4.78, 5) is 11.5. The minimum Gasteiger partial charge on any atom is -0.495 e. The minimum absolute atomic E-state index is 0.443. The Morgan fingerprint density at radius 1 is 1.24 bits per heavy atom.